The lowest BCUT2D eigenvalue weighted by Crippen LogP contribution is -2.20. The number of hydrogen-bond donors (Lipinski definition) is 2. The van der Waals surface area contributed by atoms with E-state index in [2.05, 4.69) is 21.1 Å². The summed E-state index contributed by atoms with van der Waals surface area (Å²) in [4.78, 5) is 23.6. The number of benzene rings is 2. The zero-order valence-corrected chi connectivity index (χ0v) is 16.9. The van der Waals surface area contributed by atoms with Gasteiger partial charge in [0.05, 0.1) is 0 Å². The number of rotatable bonds is 10. The number of hydrogen-bond acceptors (Lipinski definition) is 4. The van der Waals surface area contributed by atoms with Gasteiger partial charge in [-0.15, -0.1) is 0 Å². The molecule has 2 N–H and O–H groups in total. The van der Waals surface area contributed by atoms with Crippen LogP contribution in [0.15, 0.2) is 70.9 Å². The maximum absolute atomic E-state index is 11.8. The first-order chi connectivity index (χ1) is 14.1. The Morgan fingerprint density at radius 2 is 1.14 bits per heavy atom. The Balaban J connectivity index is 1.61. The number of nitrogens with one attached hydrogen (secondary N) is 2. The minimum atomic E-state index is -0.212. The van der Waals surface area contributed by atoms with E-state index in [-0.39, 0.29) is 36.5 Å². The van der Waals surface area contributed by atoms with Crippen molar-refractivity contribution < 1.29 is 9.59 Å². The zero-order valence-electron chi connectivity index (χ0n) is 16.9. The minimum Gasteiger partial charge on any atom is -0.273 e. The monoisotopic (exact) mass is 392 g/mol. The molecule has 0 radical (unpaired) electrons. The van der Waals surface area contributed by atoms with Gasteiger partial charge in [-0.05, 0) is 17.5 Å². The Morgan fingerprint density at radius 3 is 1.52 bits per heavy atom. The van der Waals surface area contributed by atoms with Gasteiger partial charge in [0.25, 0.3) is 0 Å². The number of nitrogens with zero attached hydrogens (tertiary/aromatic N) is 2. The first kappa shape index (κ1) is 22.0. The lowest BCUT2D eigenvalue weighted by Gasteiger charge is -2.06. The van der Waals surface area contributed by atoms with Crippen molar-refractivity contribution in [2.75, 3.05) is 0 Å². The highest BCUT2D eigenvalue weighted by Crippen LogP contribution is 2.12. The molecule has 0 unspecified atom stereocenters. The molecule has 2 aromatic rings. The fourth-order valence-electron chi connectivity index (χ4n) is 2.65. The van der Waals surface area contributed by atoms with Crippen LogP contribution in [0, 0.1) is 0 Å². The van der Waals surface area contributed by atoms with E-state index in [1.54, 1.807) is 12.4 Å². The first-order valence-electron chi connectivity index (χ1n) is 9.80. The van der Waals surface area contributed by atoms with E-state index < -0.39 is 0 Å². The van der Waals surface area contributed by atoms with Crippen molar-refractivity contribution in [1.29, 1.82) is 0 Å². The van der Waals surface area contributed by atoms with Gasteiger partial charge >= 0.3 is 0 Å². The number of carbonyl (C=O) groups is 2. The summed E-state index contributed by atoms with van der Waals surface area (Å²) in [5.41, 5.74) is 7.26. The highest BCUT2D eigenvalue weighted by atomic mass is 16.2. The Hall–Kier alpha value is -3.28. The second kappa shape index (κ2) is 12.2. The van der Waals surface area contributed by atoms with E-state index in [0.29, 0.717) is 6.42 Å². The second-order valence-electron chi connectivity index (χ2n) is 6.88. The second-order valence-corrected chi connectivity index (χ2v) is 6.88. The fraction of sp³-hybridized carbons (Fsp3) is 0.304. The van der Waals surface area contributed by atoms with Crippen LogP contribution in [0.3, 0.4) is 0 Å². The molecule has 0 heterocycles. The molecule has 6 nitrogen and oxygen atoms in total. The quantitative estimate of drug-likeness (QED) is 0.474. The lowest BCUT2D eigenvalue weighted by atomic mass is 10.0. The summed E-state index contributed by atoms with van der Waals surface area (Å²) in [6, 6.07) is 19.8. The third kappa shape index (κ3) is 8.51. The highest BCUT2D eigenvalue weighted by Gasteiger charge is 2.06. The fourth-order valence-corrected chi connectivity index (χ4v) is 2.65. The van der Waals surface area contributed by atoms with Crippen LogP contribution in [0.25, 0.3) is 0 Å². The molecule has 0 fully saturated rings. The van der Waals surface area contributed by atoms with Crippen LogP contribution in [0.1, 0.15) is 56.1 Å². The van der Waals surface area contributed by atoms with E-state index in [1.165, 1.54) is 0 Å². The summed E-state index contributed by atoms with van der Waals surface area (Å²) in [6.45, 7) is 4.02. The molecule has 0 aliphatic heterocycles. The lowest BCUT2D eigenvalue weighted by molar-refractivity contribution is -0.122. The molecule has 2 atom stereocenters. The molecule has 0 aromatic heterocycles. The summed E-state index contributed by atoms with van der Waals surface area (Å²) in [5, 5.41) is 7.99. The van der Waals surface area contributed by atoms with Crippen molar-refractivity contribution in [2.45, 2.75) is 44.9 Å². The molecule has 2 aromatic carbocycles. The van der Waals surface area contributed by atoms with Crippen LogP contribution < -0.4 is 10.9 Å². The highest BCUT2D eigenvalue weighted by molar-refractivity contribution is 5.80. The van der Waals surface area contributed by atoms with E-state index >= 15 is 0 Å². The molecule has 0 spiro atoms. The van der Waals surface area contributed by atoms with Crippen LogP contribution in [0.2, 0.25) is 0 Å². The van der Waals surface area contributed by atoms with Crippen LogP contribution >= 0.6 is 0 Å². The Kier molecular flexibility index (Phi) is 9.29. The van der Waals surface area contributed by atoms with Crippen molar-refractivity contribution in [2.24, 2.45) is 10.2 Å². The maximum atomic E-state index is 11.8. The average Bonchev–Trinajstić information content (AvgIpc) is 2.75. The summed E-state index contributed by atoms with van der Waals surface area (Å²) in [6.07, 6.45) is 4.29. The van der Waals surface area contributed by atoms with Gasteiger partial charge in [-0.2, -0.15) is 10.2 Å². The van der Waals surface area contributed by atoms with Crippen molar-refractivity contribution in [3.05, 3.63) is 71.8 Å². The molecule has 29 heavy (non-hydrogen) atoms. The van der Waals surface area contributed by atoms with Crippen LogP contribution in [-0.4, -0.2) is 24.2 Å². The largest absolute Gasteiger partial charge is 0.273 e. The Labute approximate surface area is 172 Å². The van der Waals surface area contributed by atoms with Crippen LogP contribution in [0.5, 0.6) is 0 Å². The molecule has 0 aliphatic carbocycles. The average molecular weight is 393 g/mol. The summed E-state index contributed by atoms with van der Waals surface area (Å²) in [7, 11) is 0. The van der Waals surface area contributed by atoms with Gasteiger partial charge in [0.2, 0.25) is 11.8 Å². The standard InChI is InChI=1S/C23H28N4O2/c1-18(20-10-5-3-6-11-20)16-24-26-22(28)14-9-15-23(29)27-25-17-19(2)21-12-7-4-8-13-21/h3-8,10-13,16-19H,9,14-15H2,1-2H3,(H,26,28)(H,27,29)/b24-16-,25-17-/t18-,19-/m1/s1. The van der Waals surface area contributed by atoms with Gasteiger partial charge in [0.15, 0.2) is 0 Å². The van der Waals surface area contributed by atoms with E-state index in [4.69, 9.17) is 0 Å². The molecule has 0 aliphatic rings. The number of carbonyl (C=O) groups excluding carboxylic acids is 2. The minimum absolute atomic E-state index is 0.110. The molecular weight excluding hydrogens is 364 g/mol. The maximum Gasteiger partial charge on any atom is 0.240 e. The normalized spacial score (nSPS) is 13.3. The number of hydrazone groups is 2. The molecule has 0 saturated carbocycles. The SMILES string of the molecule is C[C@H](/C=N\NC(=O)CCCC(=O)N/N=C\[C@@H](C)c1ccccc1)c1ccccc1. The molecule has 152 valence electrons. The summed E-state index contributed by atoms with van der Waals surface area (Å²) < 4.78 is 0. The predicted molar refractivity (Wildman–Crippen MR) is 117 cm³/mol. The Bertz CT molecular complexity index is 750. The van der Waals surface area contributed by atoms with Crippen molar-refractivity contribution >= 4 is 24.2 Å². The van der Waals surface area contributed by atoms with Crippen molar-refractivity contribution in [1.82, 2.24) is 10.9 Å². The molecule has 2 rings (SSSR count). The number of amides is 2. The zero-order chi connectivity index (χ0) is 20.9. The van der Waals surface area contributed by atoms with Crippen molar-refractivity contribution in [3.8, 4) is 0 Å². The van der Waals surface area contributed by atoms with E-state index in [0.717, 1.165) is 11.1 Å². The van der Waals surface area contributed by atoms with Crippen LogP contribution in [-0.2, 0) is 9.59 Å². The molecule has 2 amide bonds. The van der Waals surface area contributed by atoms with Gasteiger partial charge in [0.1, 0.15) is 0 Å². The molecule has 0 bridgehead atoms. The van der Waals surface area contributed by atoms with Gasteiger partial charge in [-0.25, -0.2) is 10.9 Å². The van der Waals surface area contributed by atoms with Crippen molar-refractivity contribution in [3.63, 3.8) is 0 Å². The van der Waals surface area contributed by atoms with E-state index in [9.17, 15) is 9.59 Å². The van der Waals surface area contributed by atoms with Gasteiger partial charge in [0, 0.05) is 37.1 Å². The third-order valence-corrected chi connectivity index (χ3v) is 4.43. The van der Waals surface area contributed by atoms with Gasteiger partial charge in [-0.1, -0.05) is 74.5 Å². The van der Waals surface area contributed by atoms with Gasteiger partial charge in [-0.3, -0.25) is 9.59 Å². The summed E-state index contributed by atoms with van der Waals surface area (Å²) >= 11 is 0. The third-order valence-electron chi connectivity index (χ3n) is 4.43. The van der Waals surface area contributed by atoms with Crippen LogP contribution in [0.4, 0.5) is 0 Å². The van der Waals surface area contributed by atoms with Gasteiger partial charge < -0.3 is 0 Å². The first-order valence-corrected chi connectivity index (χ1v) is 9.80. The smallest absolute Gasteiger partial charge is 0.240 e. The van der Waals surface area contributed by atoms with E-state index in [1.807, 2.05) is 74.5 Å². The molecular formula is C23H28N4O2. The predicted octanol–water partition coefficient (Wildman–Crippen LogP) is 3.97. The topological polar surface area (TPSA) is 82.9 Å². The summed E-state index contributed by atoms with van der Waals surface area (Å²) in [5.74, 6) is -0.206. The molecule has 0 saturated heterocycles. The molecule has 6 heteroatoms. The Morgan fingerprint density at radius 1 is 0.759 bits per heavy atom.